The van der Waals surface area contributed by atoms with E-state index < -0.39 is 38.6 Å². The topological polar surface area (TPSA) is 107 Å². The second-order valence-corrected chi connectivity index (χ2v) is 7.13. The molecule has 1 unspecified atom stereocenters. The average molecular weight is 384 g/mol. The third-order valence-corrected chi connectivity index (χ3v) is 5.33. The average Bonchev–Trinajstić information content (AvgIpc) is 2.59. The van der Waals surface area contributed by atoms with Gasteiger partial charge in [0.1, 0.15) is 0 Å². The number of rotatable bonds is 4. The smallest absolute Gasteiger partial charge is 0.416 e. The normalized spacial score (nSPS) is 12.8. The molecule has 0 spiro atoms. The van der Waals surface area contributed by atoms with Gasteiger partial charge < -0.3 is 10.4 Å². The van der Waals surface area contributed by atoms with Crippen LogP contribution >= 0.6 is 0 Å². The third kappa shape index (κ3) is 3.94. The first kappa shape index (κ1) is 19.3. The van der Waals surface area contributed by atoms with Gasteiger partial charge in [0.25, 0.3) is 0 Å². The van der Waals surface area contributed by atoms with Crippen molar-refractivity contribution in [1.29, 1.82) is 5.26 Å². The van der Waals surface area contributed by atoms with Crippen LogP contribution in [-0.4, -0.2) is 19.6 Å². The summed E-state index contributed by atoms with van der Waals surface area (Å²) in [7, 11) is -4.53. The number of hydrogen-bond acceptors (Lipinski definition) is 4. The van der Waals surface area contributed by atoms with Crippen LogP contribution in [0.5, 0.6) is 0 Å². The molecule has 0 heterocycles. The molecule has 26 heavy (non-hydrogen) atoms. The Labute approximate surface area is 146 Å². The van der Waals surface area contributed by atoms with Crippen LogP contribution in [-0.2, 0) is 16.0 Å². The molecule has 2 N–H and O–H groups in total. The fourth-order valence-electron chi connectivity index (χ4n) is 2.28. The minimum atomic E-state index is -4.99. The Balaban J connectivity index is 2.74. The summed E-state index contributed by atoms with van der Waals surface area (Å²) < 4.78 is 65.6. The molecule has 1 amide bonds. The first-order chi connectivity index (χ1) is 12.1. The molecule has 0 saturated carbocycles. The van der Waals surface area contributed by atoms with Gasteiger partial charge in [0.05, 0.1) is 22.1 Å². The van der Waals surface area contributed by atoms with Crippen molar-refractivity contribution in [2.45, 2.75) is 16.4 Å². The quantitative estimate of drug-likeness (QED) is 0.841. The van der Waals surface area contributed by atoms with E-state index in [1.807, 2.05) is 0 Å². The lowest BCUT2D eigenvalue weighted by Crippen LogP contribution is -2.34. The number of hydrogen-bond donors (Lipinski definition) is 2. The maximum Gasteiger partial charge on any atom is 0.416 e. The van der Waals surface area contributed by atoms with Gasteiger partial charge in [-0.25, -0.2) is 13.2 Å². The Kier molecular flexibility index (Phi) is 5.22. The van der Waals surface area contributed by atoms with Crippen molar-refractivity contribution in [3.63, 3.8) is 0 Å². The van der Waals surface area contributed by atoms with E-state index in [2.05, 4.69) is 0 Å². The molecule has 2 aromatic rings. The van der Waals surface area contributed by atoms with Gasteiger partial charge in [-0.3, -0.25) is 0 Å². The molecular weight excluding hydrogens is 373 g/mol. The molecule has 2 aromatic carbocycles. The van der Waals surface area contributed by atoms with E-state index in [0.29, 0.717) is 6.07 Å². The molecule has 10 heteroatoms. The first-order valence-corrected chi connectivity index (χ1v) is 8.51. The molecule has 0 radical (unpaired) electrons. The molecule has 0 fully saturated rings. The molecule has 0 aromatic heterocycles. The Morgan fingerprint density at radius 2 is 1.77 bits per heavy atom. The number of benzene rings is 2. The molecule has 0 aliphatic carbocycles. The largest absolute Gasteiger partial charge is 0.465 e. The van der Waals surface area contributed by atoms with Crippen molar-refractivity contribution in [3.05, 3.63) is 65.2 Å². The molecule has 2 rings (SSSR count). The fourth-order valence-corrected chi connectivity index (χ4v) is 3.89. The SMILES string of the molecule is N#Cc1ccc(C(NC(=O)O)S(=O)(=O)c2ccccc2)c(C(F)(F)F)c1. The van der Waals surface area contributed by atoms with Crippen molar-refractivity contribution in [1.82, 2.24) is 5.32 Å². The van der Waals surface area contributed by atoms with Gasteiger partial charge in [-0.15, -0.1) is 0 Å². The number of halogens is 3. The lowest BCUT2D eigenvalue weighted by molar-refractivity contribution is -0.138. The van der Waals surface area contributed by atoms with E-state index >= 15 is 0 Å². The van der Waals surface area contributed by atoms with E-state index in [0.717, 1.165) is 24.3 Å². The zero-order chi connectivity index (χ0) is 19.5. The highest BCUT2D eigenvalue weighted by Gasteiger charge is 2.40. The number of amides is 1. The number of carboxylic acid groups (broad SMARTS) is 1. The van der Waals surface area contributed by atoms with Crippen molar-refractivity contribution >= 4 is 15.9 Å². The minimum Gasteiger partial charge on any atom is -0.465 e. The van der Waals surface area contributed by atoms with Crippen LogP contribution in [0.4, 0.5) is 18.0 Å². The summed E-state index contributed by atoms with van der Waals surface area (Å²) in [5, 5.41) is 17.2. The maximum absolute atomic E-state index is 13.4. The highest BCUT2D eigenvalue weighted by Crippen LogP contribution is 2.38. The summed E-state index contributed by atoms with van der Waals surface area (Å²) in [5.74, 6) is 0. The van der Waals surface area contributed by atoms with E-state index in [4.69, 9.17) is 10.4 Å². The van der Waals surface area contributed by atoms with Gasteiger partial charge in [-0.05, 0) is 24.3 Å². The van der Waals surface area contributed by atoms with Crippen molar-refractivity contribution < 1.29 is 31.5 Å². The molecule has 0 saturated heterocycles. The zero-order valence-corrected chi connectivity index (χ0v) is 13.7. The summed E-state index contributed by atoms with van der Waals surface area (Å²) in [6.45, 7) is 0. The molecule has 0 aliphatic rings. The van der Waals surface area contributed by atoms with E-state index in [1.54, 1.807) is 5.32 Å². The van der Waals surface area contributed by atoms with Gasteiger partial charge in [0, 0.05) is 5.56 Å². The highest BCUT2D eigenvalue weighted by atomic mass is 32.2. The second kappa shape index (κ2) is 7.05. The van der Waals surface area contributed by atoms with Crippen molar-refractivity contribution in [2.24, 2.45) is 0 Å². The van der Waals surface area contributed by atoms with Crippen LogP contribution in [0.3, 0.4) is 0 Å². The van der Waals surface area contributed by atoms with Crippen LogP contribution in [0.1, 0.15) is 22.1 Å². The lowest BCUT2D eigenvalue weighted by atomic mass is 10.0. The van der Waals surface area contributed by atoms with Crippen LogP contribution in [0.25, 0.3) is 0 Å². The standard InChI is InChI=1S/C16H11F3N2O4S/c17-16(18,19)13-8-10(9-20)6-7-12(13)14(21-15(22)23)26(24,25)11-4-2-1-3-5-11/h1-8,14,21H,(H,22,23). The Morgan fingerprint density at radius 1 is 1.15 bits per heavy atom. The Hall–Kier alpha value is -3.06. The molecule has 6 nitrogen and oxygen atoms in total. The van der Waals surface area contributed by atoms with E-state index in [9.17, 15) is 26.4 Å². The van der Waals surface area contributed by atoms with Crippen LogP contribution in [0, 0.1) is 11.3 Å². The number of alkyl halides is 3. The molecular formula is C16H11F3N2O4S. The van der Waals surface area contributed by atoms with Crippen LogP contribution in [0.15, 0.2) is 53.4 Å². The number of nitrogens with zero attached hydrogens (tertiary/aromatic N) is 1. The summed E-state index contributed by atoms with van der Waals surface area (Å²) in [4.78, 5) is 10.7. The predicted molar refractivity (Wildman–Crippen MR) is 83.7 cm³/mol. The van der Waals surface area contributed by atoms with Gasteiger partial charge in [-0.1, -0.05) is 24.3 Å². The van der Waals surface area contributed by atoms with Crippen LogP contribution < -0.4 is 5.32 Å². The zero-order valence-electron chi connectivity index (χ0n) is 12.9. The van der Waals surface area contributed by atoms with Crippen molar-refractivity contribution in [2.75, 3.05) is 0 Å². The van der Waals surface area contributed by atoms with Gasteiger partial charge >= 0.3 is 12.3 Å². The molecule has 1 atom stereocenters. The molecule has 136 valence electrons. The highest BCUT2D eigenvalue weighted by molar-refractivity contribution is 7.91. The summed E-state index contributed by atoms with van der Waals surface area (Å²) >= 11 is 0. The number of nitrogens with one attached hydrogen (secondary N) is 1. The molecule has 0 aliphatic heterocycles. The Morgan fingerprint density at radius 3 is 2.27 bits per heavy atom. The second-order valence-electron chi connectivity index (χ2n) is 5.10. The third-order valence-electron chi connectivity index (χ3n) is 3.41. The first-order valence-electron chi connectivity index (χ1n) is 6.97. The lowest BCUT2D eigenvalue weighted by Gasteiger charge is -2.22. The van der Waals surface area contributed by atoms with Gasteiger partial charge in [-0.2, -0.15) is 18.4 Å². The Bertz CT molecular complexity index is 967. The predicted octanol–water partition coefficient (Wildman–Crippen LogP) is 3.32. The van der Waals surface area contributed by atoms with E-state index in [1.165, 1.54) is 24.3 Å². The summed E-state index contributed by atoms with van der Waals surface area (Å²) in [6, 6.07) is 10.3. The van der Waals surface area contributed by atoms with Gasteiger partial charge in [0.2, 0.25) is 9.84 Å². The van der Waals surface area contributed by atoms with Crippen LogP contribution in [0.2, 0.25) is 0 Å². The monoisotopic (exact) mass is 384 g/mol. The summed E-state index contributed by atoms with van der Waals surface area (Å²) in [5.41, 5.74) is -2.56. The van der Waals surface area contributed by atoms with Crippen molar-refractivity contribution in [3.8, 4) is 6.07 Å². The number of carbonyl (C=O) groups is 1. The summed E-state index contributed by atoms with van der Waals surface area (Å²) in [6.07, 6.45) is -6.81. The number of nitriles is 1. The van der Waals surface area contributed by atoms with Gasteiger partial charge in [0.15, 0.2) is 5.37 Å². The minimum absolute atomic E-state index is 0.341. The fraction of sp³-hybridized carbons (Fsp3) is 0.125. The number of sulfone groups is 1. The maximum atomic E-state index is 13.4. The molecule has 0 bridgehead atoms. The van der Waals surface area contributed by atoms with E-state index in [-0.39, 0.29) is 10.5 Å².